The van der Waals surface area contributed by atoms with Crippen molar-refractivity contribution in [2.24, 2.45) is 0 Å². The lowest BCUT2D eigenvalue weighted by atomic mass is 10.1. The Bertz CT molecular complexity index is 754. The number of carbonyl (C=O) groups excluding carboxylic acids is 1. The number of amides is 1. The summed E-state index contributed by atoms with van der Waals surface area (Å²) in [4.78, 5) is 14.1. The number of morpholine rings is 1. The second-order valence-electron chi connectivity index (χ2n) is 5.61. The molecule has 0 saturated carbocycles. The molecule has 0 aromatic heterocycles. The van der Waals surface area contributed by atoms with E-state index in [0.717, 1.165) is 5.56 Å². The Morgan fingerprint density at radius 1 is 1.24 bits per heavy atom. The molecule has 0 N–H and O–H groups in total. The van der Waals surface area contributed by atoms with E-state index < -0.39 is 0 Å². The molecule has 1 fully saturated rings. The zero-order chi connectivity index (χ0) is 17.8. The van der Waals surface area contributed by atoms with Gasteiger partial charge in [-0.3, -0.25) is 4.79 Å². The van der Waals surface area contributed by atoms with E-state index in [4.69, 9.17) is 32.7 Å². The first kappa shape index (κ1) is 18.0. The van der Waals surface area contributed by atoms with Gasteiger partial charge in [0.15, 0.2) is 6.61 Å². The average Bonchev–Trinajstić information content (AvgIpc) is 2.61. The highest BCUT2D eigenvalue weighted by Gasteiger charge is 2.25. The van der Waals surface area contributed by atoms with Gasteiger partial charge in [0.1, 0.15) is 17.7 Å². The van der Waals surface area contributed by atoms with Crippen LogP contribution in [0.1, 0.15) is 11.7 Å². The van der Waals surface area contributed by atoms with Gasteiger partial charge in [0, 0.05) is 11.6 Å². The summed E-state index contributed by atoms with van der Waals surface area (Å²) in [6.45, 7) is 1.16. The van der Waals surface area contributed by atoms with Crippen LogP contribution in [0.5, 0.6) is 5.75 Å². The molecule has 1 aliphatic rings. The normalized spacial score (nSPS) is 17.4. The second kappa shape index (κ2) is 8.04. The molecule has 1 atom stereocenters. The molecule has 1 heterocycles. The molecule has 2 aromatic carbocycles. The second-order valence-corrected chi connectivity index (χ2v) is 6.46. The summed E-state index contributed by atoms with van der Waals surface area (Å²) in [6.07, 6.45) is -0.280. The Morgan fingerprint density at radius 3 is 2.72 bits per heavy atom. The smallest absolute Gasteiger partial charge is 0.260 e. The van der Waals surface area contributed by atoms with Crippen molar-refractivity contribution < 1.29 is 18.7 Å². The van der Waals surface area contributed by atoms with Crippen LogP contribution in [0.15, 0.2) is 42.5 Å². The molecule has 7 heteroatoms. The maximum Gasteiger partial charge on any atom is 0.260 e. The monoisotopic (exact) mass is 383 g/mol. The molecule has 0 bridgehead atoms. The van der Waals surface area contributed by atoms with Crippen molar-refractivity contribution in [1.29, 1.82) is 0 Å². The number of nitrogens with zero attached hydrogens (tertiary/aromatic N) is 1. The summed E-state index contributed by atoms with van der Waals surface area (Å²) in [7, 11) is 0. The van der Waals surface area contributed by atoms with Crippen LogP contribution in [0.3, 0.4) is 0 Å². The molecular weight excluding hydrogens is 368 g/mol. The van der Waals surface area contributed by atoms with Crippen LogP contribution in [0.2, 0.25) is 10.0 Å². The summed E-state index contributed by atoms with van der Waals surface area (Å²) in [5, 5.41) is 0.852. The van der Waals surface area contributed by atoms with Gasteiger partial charge in [-0.1, -0.05) is 35.3 Å². The van der Waals surface area contributed by atoms with E-state index in [9.17, 15) is 9.18 Å². The fourth-order valence-corrected chi connectivity index (χ4v) is 3.04. The van der Waals surface area contributed by atoms with Crippen LogP contribution in [0.4, 0.5) is 4.39 Å². The van der Waals surface area contributed by atoms with E-state index in [-0.39, 0.29) is 24.4 Å². The summed E-state index contributed by atoms with van der Waals surface area (Å²) in [5.74, 6) is -0.0649. The van der Waals surface area contributed by atoms with Crippen LogP contribution >= 0.6 is 23.2 Å². The first-order valence-corrected chi connectivity index (χ1v) is 8.51. The predicted octanol–water partition coefficient (Wildman–Crippen LogP) is 4.11. The van der Waals surface area contributed by atoms with Crippen molar-refractivity contribution in [2.45, 2.75) is 6.10 Å². The fourth-order valence-electron chi connectivity index (χ4n) is 2.58. The molecular formula is C18H16Cl2FNO3. The minimum atomic E-state index is -0.305. The first-order chi connectivity index (χ1) is 12.0. The maximum absolute atomic E-state index is 13.0. The zero-order valence-corrected chi connectivity index (χ0v) is 14.8. The van der Waals surface area contributed by atoms with Crippen molar-refractivity contribution >= 4 is 29.1 Å². The minimum absolute atomic E-state index is 0.127. The Labute approximate surface area is 155 Å². The Kier molecular flexibility index (Phi) is 5.78. The number of rotatable bonds is 4. The van der Waals surface area contributed by atoms with E-state index in [2.05, 4.69) is 0 Å². The van der Waals surface area contributed by atoms with E-state index in [1.165, 1.54) is 12.1 Å². The van der Waals surface area contributed by atoms with Gasteiger partial charge in [0.05, 0.1) is 18.2 Å². The zero-order valence-electron chi connectivity index (χ0n) is 13.3. The van der Waals surface area contributed by atoms with Crippen LogP contribution in [0, 0.1) is 5.82 Å². The van der Waals surface area contributed by atoms with Crippen LogP contribution in [-0.4, -0.2) is 37.1 Å². The Balaban J connectivity index is 1.59. The number of carbonyl (C=O) groups is 1. The largest absolute Gasteiger partial charge is 0.482 e. The van der Waals surface area contributed by atoms with Crippen LogP contribution < -0.4 is 4.74 Å². The summed E-state index contributed by atoms with van der Waals surface area (Å²) >= 11 is 11.9. The summed E-state index contributed by atoms with van der Waals surface area (Å²) in [6, 6.07) is 10.9. The van der Waals surface area contributed by atoms with E-state index in [1.54, 1.807) is 35.2 Å². The third-order valence-electron chi connectivity index (χ3n) is 3.91. The van der Waals surface area contributed by atoms with Crippen LogP contribution in [-0.2, 0) is 9.53 Å². The molecule has 1 unspecified atom stereocenters. The highest BCUT2D eigenvalue weighted by molar-refractivity contribution is 6.35. The van der Waals surface area contributed by atoms with Gasteiger partial charge >= 0.3 is 0 Å². The standard InChI is InChI=1S/C18H16Cl2FNO3/c19-13-3-6-16(15(20)9-13)25-11-18(23)22-7-8-24-17(10-22)12-1-4-14(21)5-2-12/h1-6,9,17H,7-8,10-11H2. The van der Waals surface area contributed by atoms with Crippen molar-refractivity contribution in [1.82, 2.24) is 4.90 Å². The molecule has 0 radical (unpaired) electrons. The van der Waals surface area contributed by atoms with Gasteiger partial charge in [0.25, 0.3) is 5.91 Å². The van der Waals surface area contributed by atoms with Crippen molar-refractivity contribution in [2.75, 3.05) is 26.3 Å². The quantitative estimate of drug-likeness (QED) is 0.797. The van der Waals surface area contributed by atoms with Gasteiger partial charge in [-0.15, -0.1) is 0 Å². The minimum Gasteiger partial charge on any atom is -0.482 e. The third kappa shape index (κ3) is 4.63. The molecule has 0 spiro atoms. The highest BCUT2D eigenvalue weighted by atomic mass is 35.5. The number of ether oxygens (including phenoxy) is 2. The highest BCUT2D eigenvalue weighted by Crippen LogP contribution is 2.28. The Morgan fingerprint density at radius 2 is 2.00 bits per heavy atom. The lowest BCUT2D eigenvalue weighted by molar-refractivity contribution is -0.141. The van der Waals surface area contributed by atoms with Gasteiger partial charge in [0.2, 0.25) is 0 Å². The summed E-state index contributed by atoms with van der Waals surface area (Å²) in [5.41, 5.74) is 0.834. The molecule has 0 aliphatic carbocycles. The Hall–Kier alpha value is -1.82. The SMILES string of the molecule is O=C(COc1ccc(Cl)cc1Cl)N1CCOC(c2ccc(F)cc2)C1. The number of hydrogen-bond donors (Lipinski definition) is 0. The molecule has 2 aromatic rings. The van der Waals surface area contributed by atoms with Crippen molar-refractivity contribution in [3.8, 4) is 5.75 Å². The van der Waals surface area contributed by atoms with Gasteiger partial charge in [-0.25, -0.2) is 4.39 Å². The number of benzene rings is 2. The molecule has 1 amide bonds. The molecule has 132 valence electrons. The lowest BCUT2D eigenvalue weighted by Crippen LogP contribution is -2.44. The first-order valence-electron chi connectivity index (χ1n) is 7.75. The molecule has 25 heavy (non-hydrogen) atoms. The van der Waals surface area contributed by atoms with Gasteiger partial charge in [-0.2, -0.15) is 0 Å². The van der Waals surface area contributed by atoms with Crippen molar-refractivity contribution in [3.63, 3.8) is 0 Å². The third-order valence-corrected chi connectivity index (χ3v) is 4.44. The molecule has 1 aliphatic heterocycles. The molecule has 4 nitrogen and oxygen atoms in total. The lowest BCUT2D eigenvalue weighted by Gasteiger charge is -2.33. The number of halogens is 3. The van der Waals surface area contributed by atoms with Crippen LogP contribution in [0.25, 0.3) is 0 Å². The average molecular weight is 384 g/mol. The van der Waals surface area contributed by atoms with Gasteiger partial charge in [-0.05, 0) is 35.9 Å². The van der Waals surface area contributed by atoms with E-state index in [0.29, 0.717) is 35.5 Å². The molecule has 3 rings (SSSR count). The fraction of sp³-hybridized carbons (Fsp3) is 0.278. The maximum atomic E-state index is 13.0. The van der Waals surface area contributed by atoms with Crippen molar-refractivity contribution in [3.05, 3.63) is 63.9 Å². The molecule has 1 saturated heterocycles. The topological polar surface area (TPSA) is 38.8 Å². The van der Waals surface area contributed by atoms with E-state index in [1.807, 2.05) is 0 Å². The number of hydrogen-bond acceptors (Lipinski definition) is 3. The van der Waals surface area contributed by atoms with Gasteiger partial charge < -0.3 is 14.4 Å². The summed E-state index contributed by atoms with van der Waals surface area (Å²) < 4.78 is 24.2. The van der Waals surface area contributed by atoms with E-state index >= 15 is 0 Å². The predicted molar refractivity (Wildman–Crippen MR) is 93.6 cm³/mol.